The summed E-state index contributed by atoms with van der Waals surface area (Å²) in [6.45, 7) is 3.64. The molecule has 2 aromatic carbocycles. The number of phenols is 1. The Morgan fingerprint density at radius 3 is 2.54 bits per heavy atom. The standard InChI is InChI=1S/C21H16F2N4O/c1-10-3-6-17(28)11(2)18(10)20-19-14(21(24)26-9-25-19)8-16(27-20)13-5-4-12(22)7-15(13)23/h3-9,28H,1-2H3,(H2,24,25,26). The van der Waals surface area contributed by atoms with Gasteiger partial charge < -0.3 is 10.8 Å². The predicted molar refractivity (Wildman–Crippen MR) is 104 cm³/mol. The fraction of sp³-hybridized carbons (Fsp3) is 0.0952. The number of nitrogens with two attached hydrogens (primary N) is 1. The van der Waals surface area contributed by atoms with Gasteiger partial charge in [0, 0.05) is 28.1 Å². The molecule has 0 saturated heterocycles. The van der Waals surface area contributed by atoms with Gasteiger partial charge in [0.2, 0.25) is 0 Å². The van der Waals surface area contributed by atoms with Crippen LogP contribution in [0.15, 0.2) is 42.7 Å². The lowest BCUT2D eigenvalue weighted by molar-refractivity contribution is 0.471. The van der Waals surface area contributed by atoms with E-state index in [9.17, 15) is 13.9 Å². The summed E-state index contributed by atoms with van der Waals surface area (Å²) < 4.78 is 27.8. The molecule has 0 aliphatic heterocycles. The van der Waals surface area contributed by atoms with Crippen molar-refractivity contribution in [2.24, 2.45) is 0 Å². The smallest absolute Gasteiger partial charge is 0.135 e. The van der Waals surface area contributed by atoms with Gasteiger partial charge in [-0.1, -0.05) is 6.07 Å². The Kier molecular flexibility index (Phi) is 4.15. The third-order valence-corrected chi connectivity index (χ3v) is 4.74. The second-order valence-corrected chi connectivity index (χ2v) is 6.54. The van der Waals surface area contributed by atoms with Gasteiger partial charge in [-0.2, -0.15) is 0 Å². The highest BCUT2D eigenvalue weighted by Gasteiger charge is 2.19. The molecule has 7 heteroatoms. The molecule has 28 heavy (non-hydrogen) atoms. The monoisotopic (exact) mass is 378 g/mol. The van der Waals surface area contributed by atoms with Crippen LogP contribution in [0, 0.1) is 25.5 Å². The fourth-order valence-corrected chi connectivity index (χ4v) is 3.29. The summed E-state index contributed by atoms with van der Waals surface area (Å²) in [4.78, 5) is 12.9. The normalized spacial score (nSPS) is 11.1. The van der Waals surface area contributed by atoms with E-state index in [0.717, 1.165) is 11.6 Å². The lowest BCUT2D eigenvalue weighted by atomic mass is 9.96. The maximum atomic E-state index is 14.4. The highest BCUT2D eigenvalue weighted by molar-refractivity contribution is 6.00. The Balaban J connectivity index is 2.12. The maximum absolute atomic E-state index is 14.4. The van der Waals surface area contributed by atoms with E-state index < -0.39 is 11.6 Å². The molecule has 0 radical (unpaired) electrons. The first kappa shape index (κ1) is 17.8. The maximum Gasteiger partial charge on any atom is 0.135 e. The molecule has 2 heterocycles. The van der Waals surface area contributed by atoms with E-state index in [-0.39, 0.29) is 22.8 Å². The van der Waals surface area contributed by atoms with Crippen molar-refractivity contribution in [2.75, 3.05) is 5.73 Å². The van der Waals surface area contributed by atoms with Gasteiger partial charge in [-0.3, -0.25) is 0 Å². The second kappa shape index (κ2) is 6.53. The van der Waals surface area contributed by atoms with Gasteiger partial charge in [0.1, 0.15) is 35.0 Å². The van der Waals surface area contributed by atoms with Gasteiger partial charge >= 0.3 is 0 Å². The first-order chi connectivity index (χ1) is 13.4. The Morgan fingerprint density at radius 1 is 1.00 bits per heavy atom. The molecule has 0 spiro atoms. The van der Waals surface area contributed by atoms with Crippen molar-refractivity contribution in [1.82, 2.24) is 15.0 Å². The van der Waals surface area contributed by atoms with Gasteiger partial charge in [0.15, 0.2) is 0 Å². The number of rotatable bonds is 2. The van der Waals surface area contributed by atoms with E-state index >= 15 is 0 Å². The molecule has 0 unspecified atom stereocenters. The first-order valence-electron chi connectivity index (χ1n) is 8.53. The molecule has 0 saturated carbocycles. The average molecular weight is 378 g/mol. The molecule has 0 aliphatic rings. The highest BCUT2D eigenvalue weighted by Crippen LogP contribution is 2.37. The molecular formula is C21H16F2N4O. The van der Waals surface area contributed by atoms with Crippen LogP contribution in [0.2, 0.25) is 0 Å². The number of nitrogen functional groups attached to an aromatic ring is 1. The quantitative estimate of drug-likeness (QED) is 0.535. The summed E-state index contributed by atoms with van der Waals surface area (Å²) in [6.07, 6.45) is 1.33. The summed E-state index contributed by atoms with van der Waals surface area (Å²) in [5.74, 6) is -1.09. The molecule has 3 N–H and O–H groups in total. The van der Waals surface area contributed by atoms with Gasteiger partial charge in [-0.15, -0.1) is 0 Å². The number of anilines is 1. The Bertz CT molecular complexity index is 1240. The number of aromatic nitrogens is 3. The number of benzene rings is 2. The van der Waals surface area contributed by atoms with Crippen LogP contribution in [0.25, 0.3) is 33.4 Å². The minimum Gasteiger partial charge on any atom is -0.508 e. The van der Waals surface area contributed by atoms with Crippen molar-refractivity contribution in [3.05, 3.63) is 65.5 Å². The molecule has 0 bridgehead atoms. The van der Waals surface area contributed by atoms with Crippen molar-refractivity contribution < 1.29 is 13.9 Å². The van der Waals surface area contributed by atoms with E-state index in [4.69, 9.17) is 5.73 Å². The molecule has 0 aliphatic carbocycles. The number of fused-ring (bicyclic) bond motifs is 1. The molecular weight excluding hydrogens is 362 g/mol. The zero-order valence-electron chi connectivity index (χ0n) is 15.2. The number of aromatic hydroxyl groups is 1. The van der Waals surface area contributed by atoms with Gasteiger partial charge in [-0.25, -0.2) is 23.7 Å². The Labute approximate surface area is 159 Å². The summed E-state index contributed by atoms with van der Waals surface area (Å²) in [6, 6.07) is 8.24. The molecule has 4 rings (SSSR count). The molecule has 2 aromatic heterocycles. The minimum atomic E-state index is -0.738. The van der Waals surface area contributed by atoms with Crippen LogP contribution < -0.4 is 5.73 Å². The van der Waals surface area contributed by atoms with E-state index in [1.807, 2.05) is 6.92 Å². The number of aryl methyl sites for hydroxylation is 1. The highest BCUT2D eigenvalue weighted by atomic mass is 19.1. The number of hydrogen-bond acceptors (Lipinski definition) is 5. The average Bonchev–Trinajstić information content (AvgIpc) is 2.65. The summed E-state index contributed by atoms with van der Waals surface area (Å²) in [7, 11) is 0. The third-order valence-electron chi connectivity index (χ3n) is 4.74. The SMILES string of the molecule is Cc1ccc(O)c(C)c1-c1nc(-c2ccc(F)cc2F)cc2c(N)ncnc12. The fourth-order valence-electron chi connectivity index (χ4n) is 3.29. The van der Waals surface area contributed by atoms with Crippen LogP contribution in [-0.2, 0) is 0 Å². The minimum absolute atomic E-state index is 0.107. The molecule has 0 amide bonds. The number of pyridine rings is 1. The van der Waals surface area contributed by atoms with Crippen molar-refractivity contribution in [3.8, 4) is 28.3 Å². The Hall–Kier alpha value is -3.61. The van der Waals surface area contributed by atoms with E-state index in [2.05, 4.69) is 15.0 Å². The van der Waals surface area contributed by atoms with Crippen molar-refractivity contribution in [2.45, 2.75) is 13.8 Å². The lowest BCUT2D eigenvalue weighted by Gasteiger charge is -2.15. The lowest BCUT2D eigenvalue weighted by Crippen LogP contribution is -2.01. The van der Waals surface area contributed by atoms with Crippen molar-refractivity contribution in [3.63, 3.8) is 0 Å². The number of phenolic OH excluding ortho intramolecular Hbond substituents is 1. The summed E-state index contributed by atoms with van der Waals surface area (Å²) in [5.41, 5.74) is 9.50. The van der Waals surface area contributed by atoms with E-state index in [0.29, 0.717) is 27.7 Å². The number of hydrogen-bond donors (Lipinski definition) is 2. The van der Waals surface area contributed by atoms with Gasteiger partial charge in [0.05, 0.1) is 11.4 Å². The Morgan fingerprint density at radius 2 is 1.79 bits per heavy atom. The number of halogens is 2. The second-order valence-electron chi connectivity index (χ2n) is 6.54. The van der Waals surface area contributed by atoms with Gasteiger partial charge in [0.25, 0.3) is 0 Å². The van der Waals surface area contributed by atoms with Crippen LogP contribution in [-0.4, -0.2) is 20.1 Å². The molecule has 0 atom stereocenters. The summed E-state index contributed by atoms with van der Waals surface area (Å²) in [5, 5.41) is 10.7. The van der Waals surface area contributed by atoms with Gasteiger partial charge in [-0.05, 0) is 43.7 Å². The van der Waals surface area contributed by atoms with Crippen molar-refractivity contribution >= 4 is 16.7 Å². The zero-order chi connectivity index (χ0) is 20.0. The first-order valence-corrected chi connectivity index (χ1v) is 8.53. The van der Waals surface area contributed by atoms with E-state index in [1.165, 1.54) is 18.5 Å². The predicted octanol–water partition coefficient (Wildman–Crippen LogP) is 4.54. The molecule has 5 nitrogen and oxygen atoms in total. The van der Waals surface area contributed by atoms with Crippen LogP contribution in [0.4, 0.5) is 14.6 Å². The number of nitrogens with zero attached hydrogens (tertiary/aromatic N) is 3. The topological polar surface area (TPSA) is 84.9 Å². The zero-order valence-corrected chi connectivity index (χ0v) is 15.2. The van der Waals surface area contributed by atoms with Crippen LogP contribution in [0.5, 0.6) is 5.75 Å². The van der Waals surface area contributed by atoms with E-state index in [1.54, 1.807) is 25.1 Å². The third kappa shape index (κ3) is 2.81. The van der Waals surface area contributed by atoms with Crippen LogP contribution >= 0.6 is 0 Å². The van der Waals surface area contributed by atoms with Crippen molar-refractivity contribution in [1.29, 1.82) is 0 Å². The van der Waals surface area contributed by atoms with Crippen LogP contribution in [0.1, 0.15) is 11.1 Å². The molecule has 0 fully saturated rings. The molecule has 4 aromatic rings. The largest absolute Gasteiger partial charge is 0.508 e. The van der Waals surface area contributed by atoms with Crippen LogP contribution in [0.3, 0.4) is 0 Å². The molecule has 140 valence electrons. The summed E-state index contributed by atoms with van der Waals surface area (Å²) >= 11 is 0.